The number of halogens is 1. The molecule has 0 heterocycles. The normalized spacial score (nSPS) is 44.7. The number of carbonyl (C=O) groups excluding carboxylic acids is 2. The third-order valence-corrected chi connectivity index (χ3v) is 9.20. The van der Waals surface area contributed by atoms with Gasteiger partial charge in [-0.2, -0.15) is 0 Å². The number of Topliss-reactive ketones (excluding diaryl/α,β-unsaturated/α-hetero) is 1. The lowest BCUT2D eigenvalue weighted by Crippen LogP contribution is -2.60. The van der Waals surface area contributed by atoms with Crippen LogP contribution in [0.2, 0.25) is 0 Å². The van der Waals surface area contributed by atoms with Gasteiger partial charge in [-0.05, 0) is 55.1 Å². The van der Waals surface area contributed by atoms with Crippen LogP contribution in [0.4, 0.5) is 4.39 Å². The number of ketones is 2. The van der Waals surface area contributed by atoms with Crippen LogP contribution in [0.15, 0.2) is 23.3 Å². The molecule has 4 aliphatic carbocycles. The van der Waals surface area contributed by atoms with E-state index in [0.29, 0.717) is 24.8 Å². The minimum atomic E-state index is -5.41. The zero-order valence-corrected chi connectivity index (χ0v) is 19.2. The third-order valence-electron chi connectivity index (χ3n) is 8.73. The minimum Gasteiger partial charge on any atom is -0.381 e. The average Bonchev–Trinajstić information content (AvgIpc) is 2.89. The summed E-state index contributed by atoms with van der Waals surface area (Å²) in [6, 6.07) is 0. The number of allylic oxidation sites excluding steroid dienone is 4. The molecule has 32 heavy (non-hydrogen) atoms. The second kappa shape index (κ2) is 7.39. The quantitative estimate of drug-likeness (QED) is 0.325. The zero-order chi connectivity index (χ0) is 23.9. The topological polar surface area (TPSA) is 141 Å². The van der Waals surface area contributed by atoms with Crippen LogP contribution >= 0.6 is 7.82 Å². The molecule has 0 amide bonds. The Morgan fingerprint density at radius 2 is 1.97 bits per heavy atom. The summed E-state index contributed by atoms with van der Waals surface area (Å²) >= 11 is 0. The molecule has 1 radical (unpaired) electrons. The molecule has 0 aromatic heterocycles. The minimum absolute atomic E-state index is 0.0807. The highest BCUT2D eigenvalue weighted by Crippen LogP contribution is 2.67. The number of carbonyl (C=O) groups is 2. The van der Waals surface area contributed by atoms with Gasteiger partial charge in [0.25, 0.3) is 0 Å². The van der Waals surface area contributed by atoms with E-state index in [2.05, 4.69) is 4.52 Å². The fourth-order valence-electron chi connectivity index (χ4n) is 7.09. The summed E-state index contributed by atoms with van der Waals surface area (Å²) in [6.45, 7) is 5.27. The van der Waals surface area contributed by atoms with Crippen molar-refractivity contribution in [2.24, 2.45) is 28.6 Å². The van der Waals surface area contributed by atoms with E-state index in [1.54, 1.807) is 13.8 Å². The van der Waals surface area contributed by atoms with Gasteiger partial charge in [0.1, 0.15) is 11.8 Å². The van der Waals surface area contributed by atoms with Crippen molar-refractivity contribution in [2.75, 3.05) is 0 Å². The first-order valence-electron chi connectivity index (χ1n) is 10.9. The summed E-state index contributed by atoms with van der Waals surface area (Å²) in [5.74, 6) is -2.56. The number of alkyl halides is 1. The van der Waals surface area contributed by atoms with Gasteiger partial charge in [-0.3, -0.25) is 9.59 Å². The van der Waals surface area contributed by atoms with E-state index in [9.17, 15) is 29.3 Å². The van der Waals surface area contributed by atoms with Crippen LogP contribution in [0.5, 0.6) is 0 Å². The standard InChI is InChI=1S/C22H29FO8P/c1-11-8-15-13-10-17(23)16-9-12(24)4-6-20(16,2)14(13)5-7-21(15,3)22(11,27)18(25)19(26)31-32(28,29)30/h5,9,11,13,15,17,19,26-27H,4,6-8,10H2,1-3H3,(H,28,29)/t11?,13?,15?,17-,19?,20+,21-,22-/m0/s1. The van der Waals surface area contributed by atoms with Crippen LogP contribution in [0, 0.1) is 28.6 Å². The predicted molar refractivity (Wildman–Crippen MR) is 109 cm³/mol. The number of aliphatic hydroxyl groups is 2. The summed E-state index contributed by atoms with van der Waals surface area (Å²) < 4.78 is 30.4. The number of aliphatic hydroxyl groups excluding tert-OH is 1. The Balaban J connectivity index is 1.74. The van der Waals surface area contributed by atoms with Gasteiger partial charge in [-0.1, -0.05) is 32.4 Å². The second-order valence-electron chi connectivity index (χ2n) is 10.3. The highest BCUT2D eigenvalue weighted by atomic mass is 31.2. The van der Waals surface area contributed by atoms with Crippen LogP contribution in [0.25, 0.3) is 0 Å². The first kappa shape index (κ1) is 23.9. The fraction of sp³-hybridized carbons (Fsp3) is 0.727. The van der Waals surface area contributed by atoms with Crippen molar-refractivity contribution >= 4 is 19.4 Å². The SMILES string of the molecule is CC1CC2C3C[C@H](F)C4=CC(=O)CC[C@]4(C)C3=CC[C@]2(C)[C@@]1(O)C(=O)C(O)OP([O])(=O)O. The number of fused-ring (bicyclic) bond motifs is 5. The van der Waals surface area contributed by atoms with E-state index in [1.807, 2.05) is 13.0 Å². The van der Waals surface area contributed by atoms with Gasteiger partial charge in [0.2, 0.25) is 12.1 Å². The molecule has 2 saturated carbocycles. The van der Waals surface area contributed by atoms with Crippen molar-refractivity contribution in [3.05, 3.63) is 23.3 Å². The first-order chi connectivity index (χ1) is 14.6. The van der Waals surface area contributed by atoms with Gasteiger partial charge in [0.15, 0.2) is 5.78 Å². The zero-order valence-electron chi connectivity index (χ0n) is 18.3. The largest absolute Gasteiger partial charge is 0.502 e. The lowest BCUT2D eigenvalue weighted by molar-refractivity contribution is -0.182. The van der Waals surface area contributed by atoms with Crippen LogP contribution in [-0.2, 0) is 23.6 Å². The maximum absolute atomic E-state index is 15.3. The van der Waals surface area contributed by atoms with Crippen LogP contribution in [0.3, 0.4) is 0 Å². The number of rotatable bonds is 4. The van der Waals surface area contributed by atoms with Crippen LogP contribution in [-0.4, -0.2) is 44.7 Å². The third kappa shape index (κ3) is 3.24. The molecule has 4 rings (SSSR count). The van der Waals surface area contributed by atoms with Crippen LogP contribution < -0.4 is 0 Å². The van der Waals surface area contributed by atoms with Gasteiger partial charge in [0.05, 0.1) is 0 Å². The molecule has 0 aromatic rings. The Kier molecular flexibility index (Phi) is 5.52. The van der Waals surface area contributed by atoms with Crippen LogP contribution in [0.1, 0.15) is 52.9 Å². The fourth-order valence-corrected chi connectivity index (χ4v) is 7.44. The molecule has 0 aromatic carbocycles. The molecule has 8 nitrogen and oxygen atoms in total. The van der Waals surface area contributed by atoms with E-state index in [-0.39, 0.29) is 30.5 Å². The van der Waals surface area contributed by atoms with Crippen molar-refractivity contribution in [3.8, 4) is 0 Å². The Labute approximate surface area is 185 Å². The molecule has 0 aliphatic heterocycles. The highest BCUT2D eigenvalue weighted by molar-refractivity contribution is 7.46. The molecule has 0 saturated heterocycles. The molecule has 3 N–H and O–H groups in total. The van der Waals surface area contributed by atoms with Crippen molar-refractivity contribution in [3.63, 3.8) is 0 Å². The summed E-state index contributed by atoms with van der Waals surface area (Å²) in [5, 5.41) is 21.6. The predicted octanol–water partition coefficient (Wildman–Crippen LogP) is 2.80. The van der Waals surface area contributed by atoms with E-state index in [4.69, 9.17) is 4.89 Å². The number of hydrogen-bond donors (Lipinski definition) is 3. The van der Waals surface area contributed by atoms with E-state index >= 15 is 4.39 Å². The van der Waals surface area contributed by atoms with Crippen molar-refractivity contribution in [1.82, 2.24) is 0 Å². The molecular weight excluding hydrogens is 442 g/mol. The molecule has 0 spiro atoms. The summed E-state index contributed by atoms with van der Waals surface area (Å²) in [7, 11) is -5.41. The van der Waals surface area contributed by atoms with E-state index in [0.717, 1.165) is 5.57 Å². The smallest absolute Gasteiger partial charge is 0.381 e. The first-order valence-corrected chi connectivity index (χ1v) is 12.4. The van der Waals surface area contributed by atoms with E-state index < -0.39 is 48.4 Å². The van der Waals surface area contributed by atoms with Crippen molar-refractivity contribution in [1.29, 1.82) is 0 Å². The Morgan fingerprint density at radius 3 is 2.59 bits per heavy atom. The monoisotopic (exact) mass is 471 g/mol. The highest BCUT2D eigenvalue weighted by Gasteiger charge is 2.69. The van der Waals surface area contributed by atoms with Crippen molar-refractivity contribution in [2.45, 2.75) is 70.9 Å². The summed E-state index contributed by atoms with van der Waals surface area (Å²) in [6.07, 6.45) is 1.07. The van der Waals surface area contributed by atoms with Gasteiger partial charge < -0.3 is 15.1 Å². The van der Waals surface area contributed by atoms with Gasteiger partial charge in [0, 0.05) is 17.3 Å². The molecule has 2 fully saturated rings. The molecule has 5 unspecified atom stereocenters. The Morgan fingerprint density at radius 1 is 1.31 bits per heavy atom. The van der Waals surface area contributed by atoms with E-state index in [1.165, 1.54) is 6.08 Å². The molecular formula is C22H29FO8P. The molecule has 10 heteroatoms. The Bertz CT molecular complexity index is 971. The second-order valence-corrected chi connectivity index (χ2v) is 11.4. The lowest BCUT2D eigenvalue weighted by Gasteiger charge is -2.55. The Hall–Kier alpha value is -1.22. The van der Waals surface area contributed by atoms with Crippen molar-refractivity contribution < 1.29 is 43.1 Å². The number of hydrogen-bond acceptors (Lipinski definition) is 6. The summed E-state index contributed by atoms with van der Waals surface area (Å²) in [4.78, 5) is 44.8. The molecule has 9 atom stereocenters. The lowest BCUT2D eigenvalue weighted by atomic mass is 9.50. The maximum Gasteiger partial charge on any atom is 0.502 e. The van der Waals surface area contributed by atoms with Gasteiger partial charge in [-0.25, -0.2) is 13.5 Å². The molecule has 0 bridgehead atoms. The van der Waals surface area contributed by atoms with Gasteiger partial charge >= 0.3 is 7.82 Å². The molecule has 4 aliphatic rings. The maximum atomic E-state index is 15.3. The average molecular weight is 471 g/mol. The van der Waals surface area contributed by atoms with Gasteiger partial charge in [-0.15, -0.1) is 4.89 Å². The summed E-state index contributed by atoms with van der Waals surface area (Å²) in [5.41, 5.74) is -2.32. The molecule has 177 valence electrons.